The fourth-order valence-corrected chi connectivity index (χ4v) is 2.39. The number of carbonyl (C=O) groups excluding carboxylic acids is 2. The Kier molecular flexibility index (Phi) is 3.56. The molecule has 1 saturated heterocycles. The molecule has 0 unspecified atom stereocenters. The van der Waals surface area contributed by atoms with Crippen LogP contribution in [0.25, 0.3) is 0 Å². The molecule has 2 amide bonds. The van der Waals surface area contributed by atoms with Crippen molar-refractivity contribution in [3.63, 3.8) is 0 Å². The van der Waals surface area contributed by atoms with Gasteiger partial charge >= 0.3 is 0 Å². The maximum atomic E-state index is 11.9. The number of hydrogen-bond donors (Lipinski definition) is 1. The van der Waals surface area contributed by atoms with Crippen molar-refractivity contribution >= 4 is 23.2 Å². The fraction of sp³-hybridized carbons (Fsp3) is 0.455. The van der Waals surface area contributed by atoms with Crippen LogP contribution in [0.3, 0.4) is 0 Å². The standard InChI is InChI=1S/C11H14N2O2S/c14-10-3-5-13(6-4-12-10)11(15)8-9-2-1-7-16-9/h1-2,7H,3-6,8H2,(H,12,14). The molecule has 0 bridgehead atoms. The summed E-state index contributed by atoms with van der Waals surface area (Å²) in [7, 11) is 0. The summed E-state index contributed by atoms with van der Waals surface area (Å²) in [5.74, 6) is 0.144. The van der Waals surface area contributed by atoms with E-state index in [1.807, 2.05) is 17.5 Å². The zero-order chi connectivity index (χ0) is 11.4. The first-order valence-electron chi connectivity index (χ1n) is 5.32. The Hall–Kier alpha value is -1.36. The van der Waals surface area contributed by atoms with Gasteiger partial charge in [0.05, 0.1) is 6.42 Å². The van der Waals surface area contributed by atoms with Crippen LogP contribution in [0.2, 0.25) is 0 Å². The predicted octanol–water partition coefficient (Wildman–Crippen LogP) is 0.639. The maximum Gasteiger partial charge on any atom is 0.227 e. The molecule has 0 aliphatic carbocycles. The molecule has 0 aromatic carbocycles. The molecule has 1 aromatic heterocycles. The lowest BCUT2D eigenvalue weighted by Gasteiger charge is -2.18. The Morgan fingerprint density at radius 3 is 3.12 bits per heavy atom. The van der Waals surface area contributed by atoms with Crippen molar-refractivity contribution in [2.45, 2.75) is 12.8 Å². The summed E-state index contributed by atoms with van der Waals surface area (Å²) in [6, 6.07) is 3.91. The van der Waals surface area contributed by atoms with Gasteiger partial charge in [-0.15, -0.1) is 11.3 Å². The van der Waals surface area contributed by atoms with Crippen LogP contribution in [0.15, 0.2) is 17.5 Å². The third-order valence-electron chi connectivity index (χ3n) is 2.57. The first-order valence-corrected chi connectivity index (χ1v) is 6.20. The lowest BCUT2D eigenvalue weighted by Crippen LogP contribution is -2.35. The largest absolute Gasteiger partial charge is 0.354 e. The summed E-state index contributed by atoms with van der Waals surface area (Å²) in [6.07, 6.45) is 0.863. The molecule has 1 aliphatic heterocycles. The molecular formula is C11H14N2O2S. The van der Waals surface area contributed by atoms with Gasteiger partial charge in [-0.25, -0.2) is 0 Å². The highest BCUT2D eigenvalue weighted by Gasteiger charge is 2.18. The number of amides is 2. The zero-order valence-corrected chi connectivity index (χ0v) is 9.76. The Labute approximate surface area is 98.3 Å². The van der Waals surface area contributed by atoms with Crippen LogP contribution in [0.4, 0.5) is 0 Å². The molecule has 5 heteroatoms. The van der Waals surface area contributed by atoms with Gasteiger partial charge in [0.2, 0.25) is 11.8 Å². The molecular weight excluding hydrogens is 224 g/mol. The van der Waals surface area contributed by atoms with Gasteiger partial charge in [-0.3, -0.25) is 9.59 Å². The second-order valence-electron chi connectivity index (χ2n) is 3.74. The van der Waals surface area contributed by atoms with Gasteiger partial charge in [0.1, 0.15) is 0 Å². The van der Waals surface area contributed by atoms with E-state index in [1.165, 1.54) is 0 Å². The minimum atomic E-state index is 0.0337. The first kappa shape index (κ1) is 11.1. The van der Waals surface area contributed by atoms with E-state index in [-0.39, 0.29) is 11.8 Å². The summed E-state index contributed by atoms with van der Waals surface area (Å²) in [5.41, 5.74) is 0. The quantitative estimate of drug-likeness (QED) is 0.822. The van der Waals surface area contributed by atoms with E-state index in [4.69, 9.17) is 0 Å². The number of hydrogen-bond acceptors (Lipinski definition) is 3. The third kappa shape index (κ3) is 2.82. The Bertz CT molecular complexity index is 375. The average molecular weight is 238 g/mol. The molecule has 0 saturated carbocycles. The summed E-state index contributed by atoms with van der Waals surface area (Å²) < 4.78 is 0. The second-order valence-corrected chi connectivity index (χ2v) is 4.77. The highest BCUT2D eigenvalue weighted by molar-refractivity contribution is 7.10. The van der Waals surface area contributed by atoms with Crippen molar-refractivity contribution in [3.8, 4) is 0 Å². The van der Waals surface area contributed by atoms with E-state index in [2.05, 4.69) is 5.32 Å². The van der Waals surface area contributed by atoms with E-state index >= 15 is 0 Å². The molecule has 0 spiro atoms. The number of thiophene rings is 1. The van der Waals surface area contributed by atoms with Crippen molar-refractivity contribution in [1.82, 2.24) is 10.2 Å². The monoisotopic (exact) mass is 238 g/mol. The number of carbonyl (C=O) groups is 2. The molecule has 2 heterocycles. The molecule has 2 rings (SSSR count). The minimum absolute atomic E-state index is 0.0337. The summed E-state index contributed by atoms with van der Waals surface area (Å²) in [4.78, 5) is 25.9. The van der Waals surface area contributed by atoms with Crippen LogP contribution in [0, 0.1) is 0 Å². The van der Waals surface area contributed by atoms with Crippen molar-refractivity contribution in [2.24, 2.45) is 0 Å². The molecule has 0 radical (unpaired) electrons. The van der Waals surface area contributed by atoms with Crippen molar-refractivity contribution < 1.29 is 9.59 Å². The average Bonchev–Trinajstić information content (AvgIpc) is 2.66. The van der Waals surface area contributed by atoms with Crippen molar-refractivity contribution in [3.05, 3.63) is 22.4 Å². The van der Waals surface area contributed by atoms with Crippen LogP contribution < -0.4 is 5.32 Å². The Morgan fingerprint density at radius 1 is 1.50 bits per heavy atom. The van der Waals surface area contributed by atoms with Crippen LogP contribution in [0.5, 0.6) is 0 Å². The molecule has 1 aliphatic rings. The molecule has 1 fully saturated rings. The van der Waals surface area contributed by atoms with Gasteiger partial charge in [-0.1, -0.05) is 6.07 Å². The summed E-state index contributed by atoms with van der Waals surface area (Å²) in [5, 5.41) is 4.73. The minimum Gasteiger partial charge on any atom is -0.354 e. The highest BCUT2D eigenvalue weighted by Crippen LogP contribution is 2.11. The van der Waals surface area contributed by atoms with E-state index in [1.54, 1.807) is 16.2 Å². The summed E-state index contributed by atoms with van der Waals surface area (Å²) >= 11 is 1.59. The third-order valence-corrected chi connectivity index (χ3v) is 3.45. The maximum absolute atomic E-state index is 11.9. The Morgan fingerprint density at radius 2 is 2.38 bits per heavy atom. The Balaban J connectivity index is 1.91. The van der Waals surface area contributed by atoms with Crippen molar-refractivity contribution in [1.29, 1.82) is 0 Å². The SMILES string of the molecule is O=C1CCN(C(=O)Cc2cccs2)CCN1. The van der Waals surface area contributed by atoms with E-state index in [0.717, 1.165) is 4.88 Å². The van der Waals surface area contributed by atoms with E-state index < -0.39 is 0 Å². The predicted molar refractivity (Wildman–Crippen MR) is 62.2 cm³/mol. The lowest BCUT2D eigenvalue weighted by atomic mass is 10.3. The normalized spacial score (nSPS) is 16.8. The molecule has 16 heavy (non-hydrogen) atoms. The van der Waals surface area contributed by atoms with Crippen LogP contribution in [-0.4, -0.2) is 36.3 Å². The van der Waals surface area contributed by atoms with Gasteiger partial charge in [-0.05, 0) is 11.4 Å². The number of nitrogens with zero attached hydrogens (tertiary/aromatic N) is 1. The molecule has 86 valence electrons. The molecule has 4 nitrogen and oxygen atoms in total. The van der Waals surface area contributed by atoms with Gasteiger partial charge in [-0.2, -0.15) is 0 Å². The van der Waals surface area contributed by atoms with Gasteiger partial charge < -0.3 is 10.2 Å². The van der Waals surface area contributed by atoms with E-state index in [0.29, 0.717) is 32.5 Å². The molecule has 1 aromatic rings. The highest BCUT2D eigenvalue weighted by atomic mass is 32.1. The lowest BCUT2D eigenvalue weighted by molar-refractivity contribution is -0.130. The van der Waals surface area contributed by atoms with Gasteiger partial charge in [0.15, 0.2) is 0 Å². The number of nitrogens with one attached hydrogen (secondary N) is 1. The van der Waals surface area contributed by atoms with Crippen molar-refractivity contribution in [2.75, 3.05) is 19.6 Å². The first-order chi connectivity index (χ1) is 7.75. The second kappa shape index (κ2) is 5.12. The van der Waals surface area contributed by atoms with Crippen LogP contribution in [-0.2, 0) is 16.0 Å². The van der Waals surface area contributed by atoms with E-state index in [9.17, 15) is 9.59 Å². The molecule has 1 N–H and O–H groups in total. The smallest absolute Gasteiger partial charge is 0.227 e. The topological polar surface area (TPSA) is 49.4 Å². The van der Waals surface area contributed by atoms with Crippen LogP contribution in [0.1, 0.15) is 11.3 Å². The van der Waals surface area contributed by atoms with Gasteiger partial charge in [0, 0.05) is 30.9 Å². The number of rotatable bonds is 2. The summed E-state index contributed by atoms with van der Waals surface area (Å²) in [6.45, 7) is 1.72. The van der Waals surface area contributed by atoms with Gasteiger partial charge in [0.25, 0.3) is 0 Å². The zero-order valence-electron chi connectivity index (χ0n) is 8.94. The molecule has 0 atom stereocenters. The van der Waals surface area contributed by atoms with Crippen LogP contribution >= 0.6 is 11.3 Å². The fourth-order valence-electron chi connectivity index (χ4n) is 1.69.